The second-order valence-electron chi connectivity index (χ2n) is 5.34. The van der Waals surface area contributed by atoms with Gasteiger partial charge in [0.25, 0.3) is 0 Å². The summed E-state index contributed by atoms with van der Waals surface area (Å²) in [5.74, 6) is -2.83. The van der Waals surface area contributed by atoms with Gasteiger partial charge in [-0.25, -0.2) is 8.78 Å². The van der Waals surface area contributed by atoms with Crippen LogP contribution in [0.15, 0.2) is 35.7 Å². The zero-order valence-corrected chi connectivity index (χ0v) is 14.5. The lowest BCUT2D eigenvalue weighted by Crippen LogP contribution is -2.40. The van der Waals surface area contributed by atoms with Crippen LogP contribution in [0, 0.1) is 11.6 Å². The number of nitrogens with one attached hydrogen (secondary N) is 2. The molecule has 0 aliphatic carbocycles. The van der Waals surface area contributed by atoms with Crippen molar-refractivity contribution in [3.8, 4) is 0 Å². The zero-order chi connectivity index (χ0) is 18.2. The third-order valence-electron chi connectivity index (χ3n) is 3.42. The Morgan fingerprint density at radius 2 is 1.96 bits per heavy atom. The maximum absolute atomic E-state index is 13.1. The first-order valence-electron chi connectivity index (χ1n) is 7.74. The number of carbonyl (C=O) groups excluding carboxylic acids is 2. The second kappa shape index (κ2) is 9.24. The molecule has 1 aromatic heterocycles. The highest BCUT2D eigenvalue weighted by molar-refractivity contribution is 7.09. The van der Waals surface area contributed by atoms with Crippen LogP contribution in [0.1, 0.15) is 11.8 Å². The van der Waals surface area contributed by atoms with Crippen molar-refractivity contribution in [1.29, 1.82) is 0 Å². The Morgan fingerprint density at radius 1 is 1.16 bits per heavy atom. The second-order valence-corrected chi connectivity index (χ2v) is 6.37. The minimum absolute atomic E-state index is 0.131. The van der Waals surface area contributed by atoms with Gasteiger partial charge < -0.3 is 10.6 Å². The van der Waals surface area contributed by atoms with E-state index in [2.05, 4.69) is 10.6 Å². The summed E-state index contributed by atoms with van der Waals surface area (Å²) in [4.78, 5) is 26.8. The average molecular weight is 367 g/mol. The number of hydrogen-bond donors (Lipinski definition) is 2. The van der Waals surface area contributed by atoms with Crippen LogP contribution in [-0.2, 0) is 16.1 Å². The summed E-state index contributed by atoms with van der Waals surface area (Å²) in [6, 6.07) is 7.01. The maximum atomic E-state index is 13.1. The molecule has 0 aliphatic rings. The quantitative estimate of drug-likeness (QED) is 0.754. The summed E-state index contributed by atoms with van der Waals surface area (Å²) < 4.78 is 25.9. The lowest BCUT2D eigenvalue weighted by atomic mass is 10.3. The van der Waals surface area contributed by atoms with Gasteiger partial charge in [0.2, 0.25) is 11.8 Å². The smallest absolute Gasteiger partial charge is 0.243 e. The number of rotatable bonds is 8. The van der Waals surface area contributed by atoms with E-state index in [1.807, 2.05) is 29.3 Å². The predicted molar refractivity (Wildman–Crippen MR) is 93.3 cm³/mol. The molecular weight excluding hydrogens is 348 g/mol. The summed E-state index contributed by atoms with van der Waals surface area (Å²) in [7, 11) is 0. The Hall–Kier alpha value is -2.32. The molecule has 0 saturated heterocycles. The Bertz CT molecular complexity index is 723. The van der Waals surface area contributed by atoms with Crippen molar-refractivity contribution < 1.29 is 18.4 Å². The fraction of sp³-hybridized carbons (Fsp3) is 0.294. The molecule has 8 heteroatoms. The van der Waals surface area contributed by atoms with Gasteiger partial charge in [0.1, 0.15) is 0 Å². The molecule has 2 N–H and O–H groups in total. The molecule has 0 unspecified atom stereocenters. The van der Waals surface area contributed by atoms with Gasteiger partial charge >= 0.3 is 0 Å². The van der Waals surface area contributed by atoms with E-state index in [1.54, 1.807) is 11.3 Å². The van der Waals surface area contributed by atoms with Gasteiger partial charge in [-0.05, 0) is 30.1 Å². The molecule has 0 fully saturated rings. The van der Waals surface area contributed by atoms with E-state index < -0.39 is 17.5 Å². The third-order valence-corrected chi connectivity index (χ3v) is 4.28. The van der Waals surface area contributed by atoms with E-state index in [0.717, 1.165) is 17.0 Å². The molecule has 2 rings (SSSR count). The van der Waals surface area contributed by atoms with Crippen molar-refractivity contribution in [2.45, 2.75) is 13.5 Å². The summed E-state index contributed by atoms with van der Waals surface area (Å²) in [6.45, 7) is 3.26. The minimum atomic E-state index is -1.05. The van der Waals surface area contributed by atoms with Crippen LogP contribution in [0.25, 0.3) is 0 Å². The van der Waals surface area contributed by atoms with E-state index in [-0.39, 0.29) is 24.7 Å². The Morgan fingerprint density at radius 3 is 2.60 bits per heavy atom. The lowest BCUT2D eigenvalue weighted by molar-refractivity contribution is -0.125. The SMILES string of the molecule is CCN(CC(=O)NCC(=O)Nc1ccc(F)c(F)c1)Cc1cccs1. The number of anilines is 1. The number of hydrogen-bond acceptors (Lipinski definition) is 4. The van der Waals surface area contributed by atoms with Gasteiger partial charge in [-0.1, -0.05) is 13.0 Å². The predicted octanol–water partition coefficient (Wildman–Crippen LogP) is 2.60. The molecule has 0 atom stereocenters. The monoisotopic (exact) mass is 367 g/mol. The van der Waals surface area contributed by atoms with E-state index in [0.29, 0.717) is 13.1 Å². The molecule has 134 valence electrons. The van der Waals surface area contributed by atoms with E-state index >= 15 is 0 Å². The molecule has 5 nitrogen and oxygen atoms in total. The number of nitrogens with zero attached hydrogens (tertiary/aromatic N) is 1. The van der Waals surface area contributed by atoms with Gasteiger partial charge in [0.05, 0.1) is 13.1 Å². The van der Waals surface area contributed by atoms with Crippen LogP contribution >= 0.6 is 11.3 Å². The standard InChI is InChI=1S/C17H19F2N3O2S/c1-2-22(10-13-4-3-7-25-13)11-17(24)20-9-16(23)21-12-5-6-14(18)15(19)8-12/h3-8H,2,9-11H2,1H3,(H,20,24)(H,21,23). The van der Waals surface area contributed by atoms with Crippen molar-refractivity contribution in [3.63, 3.8) is 0 Å². The van der Waals surface area contributed by atoms with Crippen LogP contribution in [0.4, 0.5) is 14.5 Å². The highest BCUT2D eigenvalue weighted by Crippen LogP contribution is 2.13. The fourth-order valence-corrected chi connectivity index (χ4v) is 2.87. The molecule has 1 aromatic carbocycles. The Balaban J connectivity index is 1.76. The summed E-state index contributed by atoms with van der Waals surface area (Å²) >= 11 is 1.62. The van der Waals surface area contributed by atoms with E-state index in [1.165, 1.54) is 6.07 Å². The van der Waals surface area contributed by atoms with Crippen LogP contribution < -0.4 is 10.6 Å². The minimum Gasteiger partial charge on any atom is -0.346 e. The molecule has 0 aliphatic heterocycles. The lowest BCUT2D eigenvalue weighted by Gasteiger charge is -2.18. The van der Waals surface area contributed by atoms with Gasteiger partial charge in [0.15, 0.2) is 11.6 Å². The molecule has 25 heavy (non-hydrogen) atoms. The normalized spacial score (nSPS) is 10.7. The number of halogens is 2. The van der Waals surface area contributed by atoms with Crippen molar-refractivity contribution in [3.05, 3.63) is 52.2 Å². The van der Waals surface area contributed by atoms with Crippen LogP contribution in [0.2, 0.25) is 0 Å². The van der Waals surface area contributed by atoms with Gasteiger partial charge in [-0.3, -0.25) is 14.5 Å². The molecule has 0 saturated carbocycles. The van der Waals surface area contributed by atoms with Crippen LogP contribution in [0.5, 0.6) is 0 Å². The number of thiophene rings is 1. The van der Waals surface area contributed by atoms with Crippen LogP contribution in [0.3, 0.4) is 0 Å². The number of carbonyl (C=O) groups is 2. The van der Waals surface area contributed by atoms with Gasteiger partial charge in [-0.15, -0.1) is 11.3 Å². The topological polar surface area (TPSA) is 61.4 Å². The first-order chi connectivity index (χ1) is 12.0. The van der Waals surface area contributed by atoms with Crippen molar-refractivity contribution in [2.24, 2.45) is 0 Å². The molecular formula is C17H19F2N3O2S. The molecule has 0 radical (unpaired) electrons. The van der Waals surface area contributed by atoms with Crippen molar-refractivity contribution in [2.75, 3.05) is 25.0 Å². The molecule has 1 heterocycles. The summed E-state index contributed by atoms with van der Waals surface area (Å²) in [5, 5.41) is 6.89. The molecule has 0 bridgehead atoms. The Kier molecular flexibility index (Phi) is 7.03. The van der Waals surface area contributed by atoms with Gasteiger partial charge in [-0.2, -0.15) is 0 Å². The zero-order valence-electron chi connectivity index (χ0n) is 13.7. The molecule has 0 spiro atoms. The molecule has 2 aromatic rings. The largest absolute Gasteiger partial charge is 0.346 e. The number of likely N-dealkylation sites (N-methyl/N-ethyl adjacent to an activating group) is 1. The third kappa shape index (κ3) is 6.24. The summed E-state index contributed by atoms with van der Waals surface area (Å²) in [5.41, 5.74) is 0.131. The Labute approximate surface area is 148 Å². The van der Waals surface area contributed by atoms with Crippen molar-refractivity contribution >= 4 is 28.8 Å². The average Bonchev–Trinajstić information content (AvgIpc) is 3.09. The van der Waals surface area contributed by atoms with Crippen molar-refractivity contribution in [1.82, 2.24) is 10.2 Å². The highest BCUT2D eigenvalue weighted by Gasteiger charge is 2.12. The number of benzene rings is 1. The number of amides is 2. The fourth-order valence-electron chi connectivity index (χ4n) is 2.12. The van der Waals surface area contributed by atoms with Gasteiger partial charge in [0, 0.05) is 23.2 Å². The summed E-state index contributed by atoms with van der Waals surface area (Å²) in [6.07, 6.45) is 0. The maximum Gasteiger partial charge on any atom is 0.243 e. The van der Waals surface area contributed by atoms with E-state index in [9.17, 15) is 18.4 Å². The first-order valence-corrected chi connectivity index (χ1v) is 8.62. The first kappa shape index (κ1) is 19.0. The van der Waals surface area contributed by atoms with E-state index in [4.69, 9.17) is 0 Å². The van der Waals surface area contributed by atoms with Crippen LogP contribution in [-0.4, -0.2) is 36.3 Å². The molecule has 2 amide bonds. The highest BCUT2D eigenvalue weighted by atomic mass is 32.1.